The molecule has 0 saturated heterocycles. The maximum absolute atomic E-state index is 13.7. The minimum atomic E-state index is -0.613. The number of ether oxygens (including phenoxy) is 1. The highest BCUT2D eigenvalue weighted by Gasteiger charge is 2.07. The third kappa shape index (κ3) is 4.81. The normalized spacial score (nSPS) is 10.3. The third-order valence-electron chi connectivity index (χ3n) is 3.18. The van der Waals surface area contributed by atoms with Crippen molar-refractivity contribution in [2.45, 2.75) is 9.79 Å². The Labute approximate surface area is 147 Å². The van der Waals surface area contributed by atoms with E-state index < -0.39 is 17.7 Å². The van der Waals surface area contributed by atoms with Gasteiger partial charge in [-0.25, -0.2) is 13.6 Å². The van der Waals surface area contributed by atoms with E-state index in [0.29, 0.717) is 16.3 Å². The van der Waals surface area contributed by atoms with Crippen molar-refractivity contribution in [2.75, 3.05) is 5.32 Å². The van der Waals surface area contributed by atoms with E-state index in [1.54, 1.807) is 48.5 Å². The van der Waals surface area contributed by atoms with Gasteiger partial charge in [-0.15, -0.1) is 0 Å². The first-order valence-electron chi connectivity index (χ1n) is 7.37. The van der Waals surface area contributed by atoms with E-state index in [1.807, 2.05) is 6.07 Å². The lowest BCUT2D eigenvalue weighted by molar-refractivity contribution is 0.215. The second kappa shape index (κ2) is 7.81. The van der Waals surface area contributed by atoms with Crippen molar-refractivity contribution < 1.29 is 18.3 Å². The molecule has 0 saturated carbocycles. The second-order valence-corrected chi connectivity index (χ2v) is 6.14. The van der Waals surface area contributed by atoms with Gasteiger partial charge < -0.3 is 4.74 Å². The number of amides is 1. The van der Waals surface area contributed by atoms with Crippen LogP contribution in [0.4, 0.5) is 19.3 Å². The molecular weight excluding hydrogens is 344 g/mol. The monoisotopic (exact) mass is 357 g/mol. The van der Waals surface area contributed by atoms with Gasteiger partial charge in [-0.3, -0.25) is 5.32 Å². The molecule has 0 heterocycles. The lowest BCUT2D eigenvalue weighted by Crippen LogP contribution is -2.16. The molecular formula is C19H13F2NO2S. The molecule has 126 valence electrons. The van der Waals surface area contributed by atoms with E-state index in [1.165, 1.54) is 23.9 Å². The summed E-state index contributed by atoms with van der Waals surface area (Å²) in [6.07, 6.45) is -0.601. The average molecular weight is 357 g/mol. The van der Waals surface area contributed by atoms with Crippen LogP contribution in [-0.4, -0.2) is 6.09 Å². The van der Waals surface area contributed by atoms with E-state index in [-0.39, 0.29) is 0 Å². The Hall–Kier alpha value is -2.86. The second-order valence-electron chi connectivity index (χ2n) is 5.03. The fraction of sp³-hybridized carbons (Fsp3) is 0. The third-order valence-corrected chi connectivity index (χ3v) is 4.24. The van der Waals surface area contributed by atoms with Crippen LogP contribution in [0.2, 0.25) is 0 Å². The molecule has 0 unspecified atom stereocenters. The van der Waals surface area contributed by atoms with Gasteiger partial charge in [0.05, 0.1) is 0 Å². The van der Waals surface area contributed by atoms with Crippen LogP contribution in [-0.2, 0) is 0 Å². The number of anilines is 1. The van der Waals surface area contributed by atoms with Gasteiger partial charge in [-0.2, -0.15) is 0 Å². The van der Waals surface area contributed by atoms with E-state index in [0.717, 1.165) is 11.0 Å². The molecule has 3 rings (SSSR count). The maximum Gasteiger partial charge on any atom is 0.417 e. The molecule has 0 bridgehead atoms. The predicted molar refractivity (Wildman–Crippen MR) is 93.0 cm³/mol. The van der Waals surface area contributed by atoms with Crippen molar-refractivity contribution >= 4 is 23.5 Å². The van der Waals surface area contributed by atoms with E-state index in [4.69, 9.17) is 4.74 Å². The van der Waals surface area contributed by atoms with Crippen molar-refractivity contribution in [1.29, 1.82) is 0 Å². The van der Waals surface area contributed by atoms with Gasteiger partial charge in [0.1, 0.15) is 17.4 Å². The molecule has 1 amide bonds. The zero-order chi connectivity index (χ0) is 17.6. The standard InChI is InChI=1S/C19H13F2NO2S/c20-13-6-11-18(17(21)12-13)25-16-9-7-14(8-10-16)22-19(23)24-15-4-2-1-3-5-15/h1-12H,(H,22,23). The van der Waals surface area contributed by atoms with Crippen molar-refractivity contribution in [3.05, 3.63) is 84.4 Å². The number of halogens is 2. The molecule has 0 aliphatic carbocycles. The highest BCUT2D eigenvalue weighted by molar-refractivity contribution is 7.99. The molecule has 6 heteroatoms. The highest BCUT2D eigenvalue weighted by atomic mass is 32.2. The lowest BCUT2D eigenvalue weighted by atomic mass is 10.3. The van der Waals surface area contributed by atoms with Crippen LogP contribution in [0.5, 0.6) is 5.75 Å². The molecule has 3 nitrogen and oxygen atoms in total. The molecule has 25 heavy (non-hydrogen) atoms. The van der Waals surface area contributed by atoms with Gasteiger partial charge in [-0.05, 0) is 48.5 Å². The first kappa shape index (κ1) is 17.0. The molecule has 0 atom stereocenters. The molecule has 1 N–H and O–H groups in total. The van der Waals surface area contributed by atoms with Crippen LogP contribution < -0.4 is 10.1 Å². The van der Waals surface area contributed by atoms with Gasteiger partial charge in [0, 0.05) is 21.5 Å². The summed E-state index contributed by atoms with van der Waals surface area (Å²) >= 11 is 1.17. The summed E-state index contributed by atoms with van der Waals surface area (Å²) < 4.78 is 31.7. The van der Waals surface area contributed by atoms with Crippen LogP contribution in [0.15, 0.2) is 82.6 Å². The van der Waals surface area contributed by atoms with Crippen molar-refractivity contribution in [2.24, 2.45) is 0 Å². The summed E-state index contributed by atoms with van der Waals surface area (Å²) in [5.74, 6) is -0.782. The fourth-order valence-electron chi connectivity index (χ4n) is 2.03. The van der Waals surface area contributed by atoms with Crippen molar-refractivity contribution in [3.8, 4) is 5.75 Å². The molecule has 3 aromatic rings. The highest BCUT2D eigenvalue weighted by Crippen LogP contribution is 2.30. The quantitative estimate of drug-likeness (QED) is 0.648. The van der Waals surface area contributed by atoms with Gasteiger partial charge in [-0.1, -0.05) is 30.0 Å². The summed E-state index contributed by atoms with van der Waals surface area (Å²) in [6.45, 7) is 0. The molecule has 0 fully saturated rings. The van der Waals surface area contributed by atoms with Crippen LogP contribution in [0.25, 0.3) is 0 Å². The summed E-state index contributed by atoms with van der Waals surface area (Å²) in [5.41, 5.74) is 0.546. The average Bonchev–Trinajstić information content (AvgIpc) is 2.60. The molecule has 0 aliphatic rings. The number of hydrogen-bond donors (Lipinski definition) is 1. The topological polar surface area (TPSA) is 38.3 Å². The Kier molecular flexibility index (Phi) is 5.30. The van der Waals surface area contributed by atoms with Crippen LogP contribution in [0.1, 0.15) is 0 Å². The number of carbonyl (C=O) groups is 1. The van der Waals surface area contributed by atoms with Gasteiger partial charge >= 0.3 is 6.09 Å². The Balaban J connectivity index is 1.61. The first-order chi connectivity index (χ1) is 12.1. The van der Waals surface area contributed by atoms with Crippen LogP contribution >= 0.6 is 11.8 Å². The SMILES string of the molecule is O=C(Nc1ccc(Sc2ccc(F)cc2F)cc1)Oc1ccccc1. The van der Waals surface area contributed by atoms with Crippen molar-refractivity contribution in [1.82, 2.24) is 0 Å². The Morgan fingerprint density at radius 2 is 1.64 bits per heavy atom. The summed E-state index contributed by atoms with van der Waals surface area (Å²) in [5, 5.41) is 2.61. The van der Waals surface area contributed by atoms with E-state index in [9.17, 15) is 13.6 Å². The molecule has 0 aromatic heterocycles. The minimum Gasteiger partial charge on any atom is -0.410 e. The summed E-state index contributed by atoms with van der Waals surface area (Å²) in [4.78, 5) is 12.9. The van der Waals surface area contributed by atoms with Crippen LogP contribution in [0, 0.1) is 11.6 Å². The van der Waals surface area contributed by atoms with E-state index in [2.05, 4.69) is 5.32 Å². The zero-order valence-electron chi connectivity index (χ0n) is 12.9. The fourth-order valence-corrected chi connectivity index (χ4v) is 2.85. The lowest BCUT2D eigenvalue weighted by Gasteiger charge is -2.08. The first-order valence-corrected chi connectivity index (χ1v) is 8.19. The Bertz CT molecular complexity index is 870. The predicted octanol–water partition coefficient (Wildman–Crippen LogP) is 5.73. The number of rotatable bonds is 4. The van der Waals surface area contributed by atoms with Crippen molar-refractivity contribution in [3.63, 3.8) is 0 Å². The van der Waals surface area contributed by atoms with Gasteiger partial charge in [0.15, 0.2) is 0 Å². The summed E-state index contributed by atoms with van der Waals surface area (Å²) in [7, 11) is 0. The van der Waals surface area contributed by atoms with Crippen LogP contribution in [0.3, 0.4) is 0 Å². The largest absolute Gasteiger partial charge is 0.417 e. The summed E-state index contributed by atoms with van der Waals surface area (Å²) in [6, 6.07) is 19.0. The smallest absolute Gasteiger partial charge is 0.410 e. The molecule has 3 aromatic carbocycles. The number of carbonyl (C=O) groups excluding carboxylic acids is 1. The maximum atomic E-state index is 13.7. The van der Waals surface area contributed by atoms with Gasteiger partial charge in [0.2, 0.25) is 0 Å². The van der Waals surface area contributed by atoms with E-state index >= 15 is 0 Å². The Morgan fingerprint density at radius 1 is 0.920 bits per heavy atom. The number of nitrogens with one attached hydrogen (secondary N) is 1. The number of para-hydroxylation sites is 1. The number of hydrogen-bond acceptors (Lipinski definition) is 3. The molecule has 0 radical (unpaired) electrons. The number of benzene rings is 3. The molecule has 0 spiro atoms. The Morgan fingerprint density at radius 3 is 2.32 bits per heavy atom. The molecule has 0 aliphatic heterocycles. The zero-order valence-corrected chi connectivity index (χ0v) is 13.7. The van der Waals surface area contributed by atoms with Gasteiger partial charge in [0.25, 0.3) is 0 Å². The minimum absolute atomic E-state index is 0.325.